The van der Waals surface area contributed by atoms with E-state index in [2.05, 4.69) is 22.0 Å². The highest BCUT2D eigenvalue weighted by molar-refractivity contribution is 9.10. The number of hydrogen-bond acceptors (Lipinski definition) is 1. The van der Waals surface area contributed by atoms with Gasteiger partial charge in [0.05, 0.1) is 12.7 Å². The molecule has 102 valence electrons. The van der Waals surface area contributed by atoms with Crippen molar-refractivity contribution in [3.63, 3.8) is 0 Å². The van der Waals surface area contributed by atoms with Gasteiger partial charge in [-0.3, -0.25) is 0 Å². The highest BCUT2D eigenvalue weighted by atomic mass is 79.9. The van der Waals surface area contributed by atoms with E-state index in [1.54, 1.807) is 13.2 Å². The van der Waals surface area contributed by atoms with Crippen molar-refractivity contribution in [1.29, 1.82) is 0 Å². The zero-order valence-corrected chi connectivity index (χ0v) is 12.7. The Bertz CT molecular complexity index is 697. The monoisotopic (exact) mass is 334 g/mol. The summed E-state index contributed by atoms with van der Waals surface area (Å²) in [5, 5.41) is 0. The molecule has 0 fully saturated rings. The SMILES string of the molecule is COc1cccc2c1C=[N+](c1ccc(Br)cc1F)CC2. The van der Waals surface area contributed by atoms with Crippen LogP contribution >= 0.6 is 15.9 Å². The molecule has 2 nitrogen and oxygen atoms in total. The van der Waals surface area contributed by atoms with Gasteiger partial charge in [-0.15, -0.1) is 0 Å². The van der Waals surface area contributed by atoms with Gasteiger partial charge in [-0.2, -0.15) is 8.97 Å². The van der Waals surface area contributed by atoms with Gasteiger partial charge in [0, 0.05) is 17.0 Å². The van der Waals surface area contributed by atoms with E-state index >= 15 is 0 Å². The first-order valence-electron chi connectivity index (χ1n) is 6.41. The van der Waals surface area contributed by atoms with E-state index in [4.69, 9.17) is 4.74 Å². The van der Waals surface area contributed by atoms with Crippen LogP contribution < -0.4 is 4.74 Å². The van der Waals surface area contributed by atoms with Crippen molar-refractivity contribution < 1.29 is 13.7 Å². The van der Waals surface area contributed by atoms with E-state index in [9.17, 15) is 4.39 Å². The molecule has 0 saturated heterocycles. The molecule has 0 bridgehead atoms. The first kappa shape index (κ1) is 13.3. The summed E-state index contributed by atoms with van der Waals surface area (Å²) < 4.78 is 22.1. The van der Waals surface area contributed by atoms with Gasteiger partial charge in [0.15, 0.2) is 18.6 Å². The first-order chi connectivity index (χ1) is 9.69. The Morgan fingerprint density at radius 3 is 2.85 bits per heavy atom. The predicted molar refractivity (Wildman–Crippen MR) is 80.8 cm³/mol. The molecule has 4 heteroatoms. The lowest BCUT2D eigenvalue weighted by Crippen LogP contribution is -2.20. The first-order valence-corrected chi connectivity index (χ1v) is 7.21. The molecule has 3 rings (SSSR count). The Balaban J connectivity index is 2.10. The molecule has 0 aliphatic carbocycles. The Hall–Kier alpha value is -1.68. The summed E-state index contributed by atoms with van der Waals surface area (Å²) in [5.74, 6) is 0.596. The van der Waals surface area contributed by atoms with Crippen LogP contribution in [0.3, 0.4) is 0 Å². The molecule has 0 radical (unpaired) electrons. The van der Waals surface area contributed by atoms with Crippen LogP contribution in [-0.2, 0) is 6.42 Å². The molecular formula is C16H14BrFNO+. The minimum atomic E-state index is -0.228. The molecule has 2 aromatic rings. The maximum atomic E-state index is 14.1. The smallest absolute Gasteiger partial charge is 0.241 e. The molecule has 0 spiro atoms. The lowest BCUT2D eigenvalue weighted by atomic mass is 10.0. The zero-order valence-electron chi connectivity index (χ0n) is 11.1. The van der Waals surface area contributed by atoms with E-state index in [-0.39, 0.29) is 5.82 Å². The van der Waals surface area contributed by atoms with E-state index in [0.717, 1.165) is 28.8 Å². The van der Waals surface area contributed by atoms with Crippen molar-refractivity contribution in [2.75, 3.05) is 13.7 Å². The fourth-order valence-electron chi connectivity index (χ4n) is 2.50. The standard InChI is InChI=1S/C16H14BrFNO/c1-20-16-4-2-3-11-7-8-19(10-13(11)16)15-6-5-12(17)9-14(15)18/h2-6,9-10H,7-8H2,1H3/q+1. The van der Waals surface area contributed by atoms with Crippen LogP contribution in [0.25, 0.3) is 0 Å². The zero-order chi connectivity index (χ0) is 14.1. The quantitative estimate of drug-likeness (QED) is 0.758. The third kappa shape index (κ3) is 2.36. The largest absolute Gasteiger partial charge is 0.496 e. The van der Waals surface area contributed by atoms with Crippen LogP contribution in [0.1, 0.15) is 11.1 Å². The van der Waals surface area contributed by atoms with Gasteiger partial charge in [-0.1, -0.05) is 28.1 Å². The number of rotatable bonds is 2. The lowest BCUT2D eigenvalue weighted by Gasteiger charge is -2.14. The molecule has 20 heavy (non-hydrogen) atoms. The summed E-state index contributed by atoms with van der Waals surface area (Å²) in [4.78, 5) is 0. The van der Waals surface area contributed by atoms with Gasteiger partial charge >= 0.3 is 0 Å². The second kappa shape index (κ2) is 5.37. The molecule has 1 heterocycles. The Labute approximate surface area is 125 Å². The Morgan fingerprint density at radius 2 is 2.10 bits per heavy atom. The molecule has 1 aliphatic heterocycles. The van der Waals surface area contributed by atoms with Gasteiger partial charge in [-0.05, 0) is 23.8 Å². The molecular weight excluding hydrogens is 321 g/mol. The number of halogens is 2. The third-order valence-electron chi connectivity index (χ3n) is 3.50. The van der Waals surface area contributed by atoms with Crippen molar-refractivity contribution in [3.05, 3.63) is 57.8 Å². The Morgan fingerprint density at radius 1 is 1.25 bits per heavy atom. The van der Waals surface area contributed by atoms with E-state index < -0.39 is 0 Å². The van der Waals surface area contributed by atoms with Crippen LogP contribution in [0.5, 0.6) is 5.75 Å². The number of hydrogen-bond donors (Lipinski definition) is 0. The minimum Gasteiger partial charge on any atom is -0.496 e. The highest BCUT2D eigenvalue weighted by Gasteiger charge is 2.23. The lowest BCUT2D eigenvalue weighted by molar-refractivity contribution is -0.438. The number of benzene rings is 2. The summed E-state index contributed by atoms with van der Waals surface area (Å²) in [6, 6.07) is 11.1. The van der Waals surface area contributed by atoms with Crippen LogP contribution in [0.4, 0.5) is 10.1 Å². The van der Waals surface area contributed by atoms with E-state index in [1.165, 1.54) is 11.6 Å². The van der Waals surface area contributed by atoms with Crippen LogP contribution in [0.15, 0.2) is 40.9 Å². The summed E-state index contributed by atoms with van der Waals surface area (Å²) in [6.45, 7) is 0.763. The maximum Gasteiger partial charge on any atom is 0.241 e. The van der Waals surface area contributed by atoms with Crippen molar-refractivity contribution >= 4 is 27.8 Å². The van der Waals surface area contributed by atoms with Crippen molar-refractivity contribution in [2.24, 2.45) is 0 Å². The average molecular weight is 335 g/mol. The topological polar surface area (TPSA) is 12.2 Å². The van der Waals surface area contributed by atoms with Gasteiger partial charge in [0.1, 0.15) is 5.75 Å². The van der Waals surface area contributed by atoms with Gasteiger partial charge in [0.2, 0.25) is 5.69 Å². The number of nitrogens with zero attached hydrogens (tertiary/aromatic N) is 1. The second-order valence-electron chi connectivity index (χ2n) is 4.70. The molecule has 0 saturated carbocycles. The van der Waals surface area contributed by atoms with E-state index in [1.807, 2.05) is 29.0 Å². The average Bonchev–Trinajstić information content (AvgIpc) is 2.46. The van der Waals surface area contributed by atoms with Crippen LogP contribution in [-0.4, -0.2) is 24.4 Å². The highest BCUT2D eigenvalue weighted by Crippen LogP contribution is 2.27. The summed E-state index contributed by atoms with van der Waals surface area (Å²) in [5.41, 5.74) is 2.85. The third-order valence-corrected chi connectivity index (χ3v) is 4.00. The van der Waals surface area contributed by atoms with Crippen molar-refractivity contribution in [3.8, 4) is 5.75 Å². The van der Waals surface area contributed by atoms with E-state index in [0.29, 0.717) is 5.69 Å². The number of fused-ring (bicyclic) bond motifs is 1. The molecule has 0 atom stereocenters. The second-order valence-corrected chi connectivity index (χ2v) is 5.62. The summed E-state index contributed by atoms with van der Waals surface area (Å²) in [7, 11) is 1.66. The van der Waals surface area contributed by atoms with Gasteiger partial charge in [0.25, 0.3) is 0 Å². The van der Waals surface area contributed by atoms with Crippen molar-refractivity contribution in [1.82, 2.24) is 0 Å². The summed E-state index contributed by atoms with van der Waals surface area (Å²) in [6.07, 6.45) is 2.84. The maximum absolute atomic E-state index is 14.1. The molecule has 0 amide bonds. The van der Waals surface area contributed by atoms with Gasteiger partial charge < -0.3 is 4.74 Å². The molecule has 0 N–H and O–H groups in total. The number of ether oxygens (including phenoxy) is 1. The fourth-order valence-corrected chi connectivity index (χ4v) is 2.83. The fraction of sp³-hybridized carbons (Fsp3) is 0.188. The van der Waals surface area contributed by atoms with Gasteiger partial charge in [-0.25, -0.2) is 0 Å². The van der Waals surface area contributed by atoms with Crippen LogP contribution in [0, 0.1) is 5.82 Å². The van der Waals surface area contributed by atoms with Crippen molar-refractivity contribution in [2.45, 2.75) is 6.42 Å². The molecule has 0 aromatic heterocycles. The minimum absolute atomic E-state index is 0.228. The Kier molecular flexibility index (Phi) is 3.57. The number of methoxy groups -OCH3 is 1. The summed E-state index contributed by atoms with van der Waals surface area (Å²) >= 11 is 3.28. The van der Waals surface area contributed by atoms with Crippen LogP contribution in [0.2, 0.25) is 0 Å². The molecule has 2 aromatic carbocycles. The molecule has 1 aliphatic rings. The predicted octanol–water partition coefficient (Wildman–Crippen LogP) is 3.92. The molecule has 0 unspecified atom stereocenters. The normalized spacial score (nSPS) is 13.7.